The van der Waals surface area contributed by atoms with Crippen LogP contribution in [0.4, 0.5) is 4.79 Å². The summed E-state index contributed by atoms with van der Waals surface area (Å²) in [6, 6.07) is 0. The van der Waals surface area contributed by atoms with E-state index < -0.39 is 6.09 Å². The molecule has 1 heterocycles. The number of hydrazine groups is 1. The molecule has 0 unspecified atom stereocenters. The molecule has 1 aliphatic rings. The number of carbonyl (C=O) groups is 1. The first-order chi connectivity index (χ1) is 3.39. The van der Waals surface area contributed by atoms with Gasteiger partial charge in [0.05, 0.1) is 6.54 Å². The monoisotopic (exact) mass is 101 g/mol. The van der Waals surface area contributed by atoms with Crippen LogP contribution in [0.1, 0.15) is 0 Å². The first kappa shape index (κ1) is 4.39. The van der Waals surface area contributed by atoms with Crippen molar-refractivity contribution in [2.75, 3.05) is 6.61 Å². The lowest BCUT2D eigenvalue weighted by molar-refractivity contribution is 0.133. The average molecular weight is 101 g/mol. The van der Waals surface area contributed by atoms with Crippen molar-refractivity contribution >= 4 is 6.09 Å². The van der Waals surface area contributed by atoms with Crippen LogP contribution < -0.4 is 10.9 Å². The highest BCUT2D eigenvalue weighted by molar-refractivity contribution is 5.67. The molecule has 0 atom stereocenters. The topological polar surface area (TPSA) is 50.4 Å². The van der Waals surface area contributed by atoms with E-state index in [0.717, 1.165) is 0 Å². The molecule has 0 aromatic heterocycles. The zero-order valence-corrected chi connectivity index (χ0v) is 3.60. The first-order valence-electron chi connectivity index (χ1n) is 1.89. The second-order valence-electron chi connectivity index (χ2n) is 1.07. The van der Waals surface area contributed by atoms with E-state index in [0.29, 0.717) is 6.61 Å². The standard InChI is InChI=1S/C3H5N2O2/c6-3-5-4-1-2-7-3/h1,4H,2H2,(H,5,6). The number of hydrogen-bond donors (Lipinski definition) is 2. The normalized spacial score (nSPS) is 20.3. The van der Waals surface area contributed by atoms with Crippen LogP contribution in [0.5, 0.6) is 0 Å². The van der Waals surface area contributed by atoms with Gasteiger partial charge in [-0.2, -0.15) is 0 Å². The molecule has 0 aliphatic carbocycles. The van der Waals surface area contributed by atoms with Crippen molar-refractivity contribution < 1.29 is 9.53 Å². The number of carbonyl (C=O) groups excluding carboxylic acids is 1. The maximum Gasteiger partial charge on any atom is 0.421 e. The number of amides is 1. The maximum atomic E-state index is 10.0. The third-order valence-corrected chi connectivity index (χ3v) is 0.574. The molecule has 0 aromatic carbocycles. The average Bonchev–Trinajstić information content (AvgIpc) is 1.69. The Morgan fingerprint density at radius 1 is 1.86 bits per heavy atom. The molecule has 2 N–H and O–H groups in total. The summed E-state index contributed by atoms with van der Waals surface area (Å²) >= 11 is 0. The summed E-state index contributed by atoms with van der Waals surface area (Å²) in [6.07, 6.45) is -0.428. The first-order valence-corrected chi connectivity index (χ1v) is 1.89. The third kappa shape index (κ3) is 1.04. The van der Waals surface area contributed by atoms with Gasteiger partial charge in [0, 0.05) is 0 Å². The molecule has 0 bridgehead atoms. The molecule has 1 fully saturated rings. The summed E-state index contributed by atoms with van der Waals surface area (Å²) in [5.41, 5.74) is 4.70. The molecule has 1 aliphatic heterocycles. The lowest BCUT2D eigenvalue weighted by Crippen LogP contribution is -2.42. The highest BCUT2D eigenvalue weighted by atomic mass is 16.6. The van der Waals surface area contributed by atoms with Crippen LogP contribution in [-0.4, -0.2) is 12.7 Å². The van der Waals surface area contributed by atoms with Gasteiger partial charge in [0.25, 0.3) is 0 Å². The predicted octanol–water partition coefficient (Wildman–Crippen LogP) is -0.607. The summed E-state index contributed by atoms with van der Waals surface area (Å²) in [5, 5.41) is 0. The Hall–Kier alpha value is -0.770. The van der Waals surface area contributed by atoms with Gasteiger partial charge in [0.2, 0.25) is 0 Å². The highest BCUT2D eigenvalue weighted by Crippen LogP contribution is 1.81. The fourth-order valence-electron chi connectivity index (χ4n) is 0.305. The molecule has 4 nitrogen and oxygen atoms in total. The molecule has 1 rings (SSSR count). The Bertz CT molecular complexity index is 75.0. The fourth-order valence-corrected chi connectivity index (χ4v) is 0.305. The van der Waals surface area contributed by atoms with Crippen molar-refractivity contribution in [2.45, 2.75) is 0 Å². The number of rotatable bonds is 0. The minimum atomic E-state index is -0.428. The number of cyclic esters (lactones) is 1. The number of nitrogens with one attached hydrogen (secondary N) is 2. The van der Waals surface area contributed by atoms with Crippen LogP contribution in [0.25, 0.3) is 0 Å². The van der Waals surface area contributed by atoms with Crippen molar-refractivity contribution in [3.63, 3.8) is 0 Å². The Labute approximate surface area is 40.8 Å². The predicted molar refractivity (Wildman–Crippen MR) is 21.9 cm³/mol. The third-order valence-electron chi connectivity index (χ3n) is 0.574. The summed E-state index contributed by atoms with van der Waals surface area (Å²) in [5.74, 6) is 0. The van der Waals surface area contributed by atoms with E-state index >= 15 is 0 Å². The van der Waals surface area contributed by atoms with Gasteiger partial charge in [-0.25, -0.2) is 10.2 Å². The summed E-state index contributed by atoms with van der Waals surface area (Å²) in [6.45, 7) is 1.94. The van der Waals surface area contributed by atoms with Gasteiger partial charge < -0.3 is 4.74 Å². The second kappa shape index (κ2) is 1.79. The zero-order valence-electron chi connectivity index (χ0n) is 3.60. The number of hydrogen-bond acceptors (Lipinski definition) is 3. The van der Waals surface area contributed by atoms with Gasteiger partial charge in [-0.15, -0.1) is 0 Å². The van der Waals surface area contributed by atoms with Crippen molar-refractivity contribution in [1.29, 1.82) is 0 Å². The molecule has 39 valence electrons. The van der Waals surface area contributed by atoms with Gasteiger partial charge >= 0.3 is 6.09 Å². The molecule has 1 amide bonds. The summed E-state index contributed by atoms with van der Waals surface area (Å²) in [7, 11) is 0. The van der Waals surface area contributed by atoms with E-state index in [9.17, 15) is 4.79 Å². The Morgan fingerprint density at radius 2 is 2.71 bits per heavy atom. The Balaban J connectivity index is 2.25. The van der Waals surface area contributed by atoms with Gasteiger partial charge in [-0.3, -0.25) is 5.43 Å². The van der Waals surface area contributed by atoms with Crippen LogP contribution in [-0.2, 0) is 4.74 Å². The van der Waals surface area contributed by atoms with Crippen molar-refractivity contribution in [2.24, 2.45) is 0 Å². The van der Waals surface area contributed by atoms with E-state index in [1.165, 1.54) is 0 Å². The highest BCUT2D eigenvalue weighted by Gasteiger charge is 2.04. The second-order valence-corrected chi connectivity index (χ2v) is 1.07. The summed E-state index contributed by atoms with van der Waals surface area (Å²) < 4.78 is 4.41. The fraction of sp³-hybridized carbons (Fsp3) is 0.333. The molecule has 1 saturated heterocycles. The van der Waals surface area contributed by atoms with Crippen molar-refractivity contribution in [3.05, 3.63) is 6.54 Å². The van der Waals surface area contributed by atoms with Gasteiger partial charge in [-0.05, 0) is 0 Å². The molecule has 1 radical (unpaired) electrons. The SMILES string of the molecule is O=C1NN[CH]CO1. The van der Waals surface area contributed by atoms with Crippen molar-refractivity contribution in [3.8, 4) is 0 Å². The Kier molecular flexibility index (Phi) is 1.12. The lowest BCUT2D eigenvalue weighted by Gasteiger charge is -2.11. The maximum absolute atomic E-state index is 10.0. The van der Waals surface area contributed by atoms with E-state index in [4.69, 9.17) is 0 Å². The van der Waals surface area contributed by atoms with Gasteiger partial charge in [-0.1, -0.05) is 0 Å². The smallest absolute Gasteiger partial charge is 0.421 e. The van der Waals surface area contributed by atoms with Crippen molar-refractivity contribution in [1.82, 2.24) is 10.9 Å². The largest absolute Gasteiger partial charge is 0.447 e. The molecule has 7 heavy (non-hydrogen) atoms. The molecule has 4 heteroatoms. The van der Waals surface area contributed by atoms with Gasteiger partial charge in [0.1, 0.15) is 6.61 Å². The van der Waals surface area contributed by atoms with E-state index in [1.54, 1.807) is 6.54 Å². The minimum Gasteiger partial charge on any atom is -0.447 e. The van der Waals surface area contributed by atoms with E-state index in [1.807, 2.05) is 0 Å². The van der Waals surface area contributed by atoms with E-state index in [-0.39, 0.29) is 0 Å². The van der Waals surface area contributed by atoms with Crippen LogP contribution >= 0.6 is 0 Å². The Morgan fingerprint density at radius 3 is 3.00 bits per heavy atom. The molecule has 0 saturated carbocycles. The van der Waals surface area contributed by atoms with Crippen LogP contribution in [0.3, 0.4) is 0 Å². The molecular formula is C3H5N2O2. The van der Waals surface area contributed by atoms with Crippen LogP contribution in [0.15, 0.2) is 0 Å². The van der Waals surface area contributed by atoms with E-state index in [2.05, 4.69) is 15.6 Å². The minimum absolute atomic E-state index is 0.339. The molecule has 0 aromatic rings. The van der Waals surface area contributed by atoms with Gasteiger partial charge in [0.15, 0.2) is 0 Å². The van der Waals surface area contributed by atoms with Crippen LogP contribution in [0, 0.1) is 6.54 Å². The van der Waals surface area contributed by atoms with Crippen LogP contribution in [0.2, 0.25) is 0 Å². The molecular weight excluding hydrogens is 96.0 g/mol. The summed E-state index contributed by atoms with van der Waals surface area (Å²) in [4.78, 5) is 10.0. The molecule has 0 spiro atoms. The lowest BCUT2D eigenvalue weighted by atomic mass is 10.7. The zero-order chi connectivity index (χ0) is 5.11. The number of ether oxygens (including phenoxy) is 1. The quantitative estimate of drug-likeness (QED) is 0.428.